The molecule has 0 aliphatic heterocycles. The van der Waals surface area contributed by atoms with E-state index in [1.807, 2.05) is 36.4 Å². The Balaban J connectivity index is 1.48. The predicted octanol–water partition coefficient (Wildman–Crippen LogP) is 5.30. The summed E-state index contributed by atoms with van der Waals surface area (Å²) < 4.78 is 7.36. The highest BCUT2D eigenvalue weighted by Gasteiger charge is 2.22. The van der Waals surface area contributed by atoms with Crippen LogP contribution in [0.25, 0.3) is 22.4 Å². The van der Waals surface area contributed by atoms with Crippen molar-refractivity contribution in [1.29, 1.82) is 0 Å². The Hall–Kier alpha value is -4.76. The van der Waals surface area contributed by atoms with E-state index in [1.165, 1.54) is 0 Å². The van der Waals surface area contributed by atoms with Gasteiger partial charge in [0.05, 0.1) is 29.4 Å². The van der Waals surface area contributed by atoms with Crippen LogP contribution in [-0.4, -0.2) is 44.1 Å². The number of aliphatic hydroxyl groups is 1. The maximum atomic E-state index is 13.3. The molecule has 0 saturated heterocycles. The number of hydrogen-bond acceptors (Lipinski definition) is 6. The number of carbonyl (C=O) groups excluding carboxylic acids is 2. The monoisotopic (exact) mass is 523 g/mol. The summed E-state index contributed by atoms with van der Waals surface area (Å²) in [5.74, 6) is 0.874. The van der Waals surface area contributed by atoms with Crippen molar-refractivity contribution < 1.29 is 19.1 Å². The third-order valence-electron chi connectivity index (χ3n) is 6.25. The van der Waals surface area contributed by atoms with E-state index in [1.54, 1.807) is 79.9 Å². The summed E-state index contributed by atoms with van der Waals surface area (Å²) in [7, 11) is 1.70. The lowest BCUT2D eigenvalue weighted by atomic mass is 10.1. The fourth-order valence-electron chi connectivity index (χ4n) is 4.34. The summed E-state index contributed by atoms with van der Waals surface area (Å²) in [4.78, 5) is 36.6. The number of imidazole rings is 1. The van der Waals surface area contributed by atoms with Gasteiger partial charge in [-0.25, -0.2) is 9.97 Å². The van der Waals surface area contributed by atoms with Crippen molar-refractivity contribution in [3.8, 4) is 11.3 Å². The second kappa shape index (κ2) is 10.2. The molecule has 5 aromatic rings. The largest absolute Gasteiger partial charge is 0.441 e. The van der Waals surface area contributed by atoms with E-state index in [9.17, 15) is 14.7 Å². The smallest absolute Gasteiger partial charge is 0.258 e. The number of hydrogen-bond donors (Lipinski definition) is 2. The molecule has 3 aromatic carbocycles. The van der Waals surface area contributed by atoms with Gasteiger partial charge in [0.2, 0.25) is 5.95 Å². The molecule has 0 bridgehead atoms. The number of aryl methyl sites for hydroxylation is 1. The molecule has 2 N–H and O–H groups in total. The molecule has 0 atom stereocenters. The summed E-state index contributed by atoms with van der Waals surface area (Å²) in [5, 5.41) is 13.5. The number of aromatic nitrogens is 3. The zero-order valence-corrected chi connectivity index (χ0v) is 22.2. The number of anilines is 2. The minimum absolute atomic E-state index is 0.152. The first-order chi connectivity index (χ1) is 18.6. The Labute approximate surface area is 225 Å². The van der Waals surface area contributed by atoms with E-state index in [0.717, 1.165) is 5.56 Å². The predicted molar refractivity (Wildman–Crippen MR) is 150 cm³/mol. The first-order valence-corrected chi connectivity index (χ1v) is 12.5. The molecule has 9 heteroatoms. The summed E-state index contributed by atoms with van der Waals surface area (Å²) in [6, 6.07) is 21.5. The van der Waals surface area contributed by atoms with Crippen molar-refractivity contribution in [2.75, 3.05) is 17.3 Å². The van der Waals surface area contributed by atoms with Gasteiger partial charge < -0.3 is 19.0 Å². The molecule has 0 fully saturated rings. The van der Waals surface area contributed by atoms with Crippen LogP contribution in [0.2, 0.25) is 0 Å². The molecule has 39 heavy (non-hydrogen) atoms. The van der Waals surface area contributed by atoms with Crippen LogP contribution in [0, 0.1) is 6.92 Å². The van der Waals surface area contributed by atoms with Crippen molar-refractivity contribution in [2.24, 2.45) is 0 Å². The zero-order chi connectivity index (χ0) is 27.7. The zero-order valence-electron chi connectivity index (χ0n) is 22.2. The third-order valence-corrected chi connectivity index (χ3v) is 6.25. The van der Waals surface area contributed by atoms with Crippen LogP contribution >= 0.6 is 0 Å². The number of nitrogens with one attached hydrogen (secondary N) is 1. The number of fused-ring (bicyclic) bond motifs is 1. The van der Waals surface area contributed by atoms with Gasteiger partial charge in [-0.1, -0.05) is 30.3 Å². The first kappa shape index (κ1) is 25.9. The van der Waals surface area contributed by atoms with Gasteiger partial charge in [-0.15, -0.1) is 0 Å². The first-order valence-electron chi connectivity index (χ1n) is 12.5. The molecule has 0 aliphatic rings. The second-order valence-electron chi connectivity index (χ2n) is 10.0. The average molecular weight is 524 g/mol. The Morgan fingerprint density at radius 2 is 1.77 bits per heavy atom. The molecule has 198 valence electrons. The highest BCUT2D eigenvalue weighted by atomic mass is 16.4. The van der Waals surface area contributed by atoms with Crippen LogP contribution in [0.3, 0.4) is 0 Å². The van der Waals surface area contributed by atoms with E-state index in [4.69, 9.17) is 4.42 Å². The van der Waals surface area contributed by atoms with Gasteiger partial charge in [-0.05, 0) is 56.3 Å². The van der Waals surface area contributed by atoms with E-state index >= 15 is 0 Å². The van der Waals surface area contributed by atoms with Crippen LogP contribution in [-0.2, 0) is 6.54 Å². The van der Waals surface area contributed by atoms with Gasteiger partial charge in [0, 0.05) is 36.3 Å². The normalized spacial score (nSPS) is 11.5. The molecule has 0 saturated carbocycles. The van der Waals surface area contributed by atoms with Gasteiger partial charge in [-0.3, -0.25) is 14.9 Å². The Kier molecular flexibility index (Phi) is 6.76. The van der Waals surface area contributed by atoms with E-state index < -0.39 is 5.60 Å². The fourth-order valence-corrected chi connectivity index (χ4v) is 4.34. The standard InChI is InChI=1S/C30H29N5O4/c1-19-31-17-26(39-19)21-11-8-12-22(15-21)27(36)33-29-32-24-16-23(13-14-25(24)35(29)18-30(2,3)38)34(4)28(37)20-9-6-5-7-10-20/h5-17,38H,18H2,1-4H3,(H,32,33,36). The molecule has 0 aliphatic carbocycles. The molecule has 9 nitrogen and oxygen atoms in total. The van der Waals surface area contributed by atoms with Crippen molar-refractivity contribution in [3.05, 3.63) is 96.0 Å². The number of benzene rings is 3. The molecular weight excluding hydrogens is 494 g/mol. The van der Waals surface area contributed by atoms with Crippen LogP contribution in [0.5, 0.6) is 0 Å². The van der Waals surface area contributed by atoms with E-state index in [-0.39, 0.29) is 24.3 Å². The molecule has 0 radical (unpaired) electrons. The van der Waals surface area contributed by atoms with Crippen molar-refractivity contribution in [1.82, 2.24) is 14.5 Å². The number of oxazole rings is 1. The second-order valence-corrected chi connectivity index (χ2v) is 10.0. The maximum Gasteiger partial charge on any atom is 0.258 e. The molecular formula is C30H29N5O4. The van der Waals surface area contributed by atoms with Crippen LogP contribution in [0.1, 0.15) is 40.5 Å². The highest BCUT2D eigenvalue weighted by molar-refractivity contribution is 6.07. The lowest BCUT2D eigenvalue weighted by molar-refractivity contribution is 0.0630. The van der Waals surface area contributed by atoms with Gasteiger partial charge in [-0.2, -0.15) is 0 Å². The lowest BCUT2D eigenvalue weighted by Gasteiger charge is -2.20. The number of nitrogens with zero attached hydrogens (tertiary/aromatic N) is 4. The molecule has 0 unspecified atom stereocenters. The lowest BCUT2D eigenvalue weighted by Crippen LogP contribution is -2.28. The molecule has 0 spiro atoms. The minimum atomic E-state index is -1.07. The maximum absolute atomic E-state index is 13.3. The number of amides is 2. The Morgan fingerprint density at radius 1 is 1.03 bits per heavy atom. The van der Waals surface area contributed by atoms with Crippen LogP contribution in [0.4, 0.5) is 11.6 Å². The van der Waals surface area contributed by atoms with Crippen LogP contribution in [0.15, 0.2) is 83.4 Å². The van der Waals surface area contributed by atoms with Gasteiger partial charge in [0.1, 0.15) is 0 Å². The van der Waals surface area contributed by atoms with Crippen molar-refractivity contribution in [3.63, 3.8) is 0 Å². The van der Waals surface area contributed by atoms with Gasteiger partial charge in [0.15, 0.2) is 11.7 Å². The highest BCUT2D eigenvalue weighted by Crippen LogP contribution is 2.28. The fraction of sp³-hybridized carbons (Fsp3) is 0.200. The molecule has 5 rings (SSSR count). The molecule has 2 amide bonds. The summed E-state index contributed by atoms with van der Waals surface area (Å²) >= 11 is 0. The summed E-state index contributed by atoms with van der Waals surface area (Å²) in [6.07, 6.45) is 1.62. The topological polar surface area (TPSA) is 113 Å². The van der Waals surface area contributed by atoms with Gasteiger partial charge in [0.25, 0.3) is 11.8 Å². The summed E-state index contributed by atoms with van der Waals surface area (Å²) in [6.45, 7) is 5.32. The van der Waals surface area contributed by atoms with Crippen molar-refractivity contribution in [2.45, 2.75) is 32.9 Å². The number of rotatable bonds is 7. The number of carbonyl (C=O) groups is 2. The Bertz CT molecular complexity index is 1660. The third kappa shape index (κ3) is 5.58. The quantitative estimate of drug-likeness (QED) is 0.299. The Morgan fingerprint density at radius 3 is 2.46 bits per heavy atom. The van der Waals surface area contributed by atoms with Gasteiger partial charge >= 0.3 is 0 Å². The molecule has 2 heterocycles. The minimum Gasteiger partial charge on any atom is -0.441 e. The summed E-state index contributed by atoms with van der Waals surface area (Å²) in [5.41, 5.74) is 2.57. The van der Waals surface area contributed by atoms with Crippen LogP contribution < -0.4 is 10.2 Å². The van der Waals surface area contributed by atoms with E-state index in [2.05, 4.69) is 15.3 Å². The average Bonchev–Trinajstić information content (AvgIpc) is 3.50. The van der Waals surface area contributed by atoms with Crippen molar-refractivity contribution >= 4 is 34.5 Å². The molecule has 2 aromatic heterocycles. The SMILES string of the molecule is Cc1ncc(-c2cccc(C(=O)Nc3nc4cc(N(C)C(=O)c5ccccc5)ccc4n3CC(C)(C)O)c2)o1. The van der Waals surface area contributed by atoms with E-state index in [0.29, 0.717) is 39.5 Å².